The molecule has 0 N–H and O–H groups in total. The summed E-state index contributed by atoms with van der Waals surface area (Å²) in [6.45, 7) is 3.67. The van der Waals surface area contributed by atoms with Crippen molar-refractivity contribution in [3.05, 3.63) is 42.0 Å². The van der Waals surface area contributed by atoms with E-state index < -0.39 is 11.7 Å². The van der Waals surface area contributed by atoms with Crippen LogP contribution in [0.4, 0.5) is 13.2 Å². The monoisotopic (exact) mass is 230 g/mol. The molecule has 4 heteroatoms. The minimum Gasteiger partial charge on any atom is -0.487 e. The molecule has 16 heavy (non-hydrogen) atoms. The number of hydrogen-bond donors (Lipinski definition) is 0. The molecule has 1 nitrogen and oxygen atoms in total. The number of ether oxygens (including phenoxy) is 1. The van der Waals surface area contributed by atoms with E-state index in [1.807, 2.05) is 26.0 Å². The predicted octanol–water partition coefficient (Wildman–Crippen LogP) is 4.05. The molecule has 0 radical (unpaired) electrons. The van der Waals surface area contributed by atoms with Gasteiger partial charge in [-0.15, -0.1) is 0 Å². The summed E-state index contributed by atoms with van der Waals surface area (Å²) in [7, 11) is 0. The molecule has 0 amide bonds. The van der Waals surface area contributed by atoms with Crippen molar-refractivity contribution >= 4 is 0 Å². The number of benzene rings is 1. The highest BCUT2D eigenvalue weighted by atomic mass is 19.4. The Kier molecular flexibility index (Phi) is 3.99. The summed E-state index contributed by atoms with van der Waals surface area (Å²) in [5, 5.41) is 0. The third-order valence-corrected chi connectivity index (χ3v) is 1.97. The molecule has 1 rings (SSSR count). The van der Waals surface area contributed by atoms with Crippen molar-refractivity contribution in [2.75, 3.05) is 0 Å². The Hall–Kier alpha value is -1.45. The van der Waals surface area contributed by atoms with Crippen molar-refractivity contribution in [3.63, 3.8) is 0 Å². The van der Waals surface area contributed by atoms with E-state index in [2.05, 4.69) is 0 Å². The van der Waals surface area contributed by atoms with E-state index in [4.69, 9.17) is 4.74 Å². The Bertz CT molecular complexity index is 352. The largest absolute Gasteiger partial charge is 0.487 e. The molecule has 1 aromatic rings. The maximum atomic E-state index is 12.3. The molecule has 0 aliphatic rings. The van der Waals surface area contributed by atoms with Crippen LogP contribution in [0.5, 0.6) is 5.75 Å². The van der Waals surface area contributed by atoms with Crippen LogP contribution in [0.15, 0.2) is 36.4 Å². The molecular formula is C12H13F3O. The van der Waals surface area contributed by atoms with Crippen molar-refractivity contribution in [1.29, 1.82) is 0 Å². The van der Waals surface area contributed by atoms with Crippen LogP contribution in [0.1, 0.15) is 19.4 Å². The topological polar surface area (TPSA) is 9.23 Å². The van der Waals surface area contributed by atoms with Crippen LogP contribution in [0.25, 0.3) is 0 Å². The second kappa shape index (κ2) is 5.05. The van der Waals surface area contributed by atoms with E-state index in [0.29, 0.717) is 5.75 Å². The first-order valence-corrected chi connectivity index (χ1v) is 4.90. The normalized spacial score (nSPS) is 14.1. The van der Waals surface area contributed by atoms with Crippen LogP contribution >= 0.6 is 0 Å². The van der Waals surface area contributed by atoms with Gasteiger partial charge in [-0.1, -0.05) is 6.08 Å². The Morgan fingerprint density at radius 1 is 1.19 bits per heavy atom. The fourth-order valence-corrected chi connectivity index (χ4v) is 1.25. The van der Waals surface area contributed by atoms with Crippen LogP contribution < -0.4 is 4.74 Å². The molecular weight excluding hydrogens is 217 g/mol. The SMILES string of the molecule is CC=CC(C)Oc1ccc(C(F)(F)F)cc1. The van der Waals surface area contributed by atoms with Crippen LogP contribution in [0.2, 0.25) is 0 Å². The van der Waals surface area contributed by atoms with Crippen molar-refractivity contribution in [2.24, 2.45) is 0 Å². The highest BCUT2D eigenvalue weighted by Crippen LogP contribution is 2.30. The van der Waals surface area contributed by atoms with Gasteiger partial charge >= 0.3 is 6.18 Å². The first kappa shape index (κ1) is 12.6. The molecule has 1 atom stereocenters. The fourth-order valence-electron chi connectivity index (χ4n) is 1.25. The van der Waals surface area contributed by atoms with Gasteiger partial charge in [-0.25, -0.2) is 0 Å². The molecule has 1 unspecified atom stereocenters. The van der Waals surface area contributed by atoms with Gasteiger partial charge in [0.15, 0.2) is 0 Å². The van der Waals surface area contributed by atoms with E-state index in [9.17, 15) is 13.2 Å². The average molecular weight is 230 g/mol. The van der Waals surface area contributed by atoms with E-state index in [0.717, 1.165) is 12.1 Å². The minimum atomic E-state index is -4.30. The maximum Gasteiger partial charge on any atom is 0.416 e. The Balaban J connectivity index is 2.72. The molecule has 0 aromatic heterocycles. The van der Waals surface area contributed by atoms with Gasteiger partial charge in [0.1, 0.15) is 11.9 Å². The summed E-state index contributed by atoms with van der Waals surface area (Å²) in [6, 6.07) is 4.67. The Morgan fingerprint density at radius 2 is 1.75 bits per heavy atom. The van der Waals surface area contributed by atoms with E-state index >= 15 is 0 Å². The summed E-state index contributed by atoms with van der Waals surface area (Å²) in [4.78, 5) is 0. The minimum absolute atomic E-state index is 0.151. The van der Waals surface area contributed by atoms with E-state index in [1.54, 1.807) is 0 Å². The summed E-state index contributed by atoms with van der Waals surface area (Å²) < 4.78 is 42.1. The number of alkyl halides is 3. The molecule has 1 aromatic carbocycles. The van der Waals surface area contributed by atoms with Crippen molar-refractivity contribution in [2.45, 2.75) is 26.1 Å². The molecule has 0 saturated heterocycles. The van der Waals surface area contributed by atoms with Gasteiger partial charge < -0.3 is 4.74 Å². The Labute approximate surface area is 92.5 Å². The Morgan fingerprint density at radius 3 is 2.19 bits per heavy atom. The summed E-state index contributed by atoms with van der Waals surface area (Å²) >= 11 is 0. The van der Waals surface area contributed by atoms with Crippen LogP contribution in [-0.2, 0) is 6.18 Å². The number of hydrogen-bond acceptors (Lipinski definition) is 1. The van der Waals surface area contributed by atoms with Crippen LogP contribution in [-0.4, -0.2) is 6.10 Å². The number of allylic oxidation sites excluding steroid dienone is 1. The summed E-state index contributed by atoms with van der Waals surface area (Å²) in [5.74, 6) is 0.429. The third-order valence-electron chi connectivity index (χ3n) is 1.97. The van der Waals surface area contributed by atoms with Gasteiger partial charge in [0.25, 0.3) is 0 Å². The third kappa shape index (κ3) is 3.61. The van der Waals surface area contributed by atoms with Crippen molar-refractivity contribution in [1.82, 2.24) is 0 Å². The predicted molar refractivity (Wildman–Crippen MR) is 56.3 cm³/mol. The van der Waals surface area contributed by atoms with Gasteiger partial charge in [-0.2, -0.15) is 13.2 Å². The number of halogens is 3. The van der Waals surface area contributed by atoms with E-state index in [-0.39, 0.29) is 6.10 Å². The second-order valence-corrected chi connectivity index (χ2v) is 3.37. The summed E-state index contributed by atoms with van der Waals surface area (Å²) in [5.41, 5.74) is -0.668. The van der Waals surface area contributed by atoms with Gasteiger partial charge in [0.2, 0.25) is 0 Å². The zero-order valence-corrected chi connectivity index (χ0v) is 9.08. The lowest BCUT2D eigenvalue weighted by molar-refractivity contribution is -0.137. The highest BCUT2D eigenvalue weighted by molar-refractivity contribution is 5.29. The molecule has 0 saturated carbocycles. The summed E-state index contributed by atoms with van der Waals surface area (Å²) in [6.07, 6.45) is -0.804. The zero-order valence-electron chi connectivity index (χ0n) is 9.08. The van der Waals surface area contributed by atoms with Crippen LogP contribution in [0.3, 0.4) is 0 Å². The van der Waals surface area contributed by atoms with Crippen molar-refractivity contribution in [3.8, 4) is 5.75 Å². The standard InChI is InChI=1S/C12H13F3O/c1-3-4-9(2)16-11-7-5-10(6-8-11)12(13,14)15/h3-9H,1-2H3. The lowest BCUT2D eigenvalue weighted by Crippen LogP contribution is -2.08. The molecule has 0 heterocycles. The maximum absolute atomic E-state index is 12.3. The highest BCUT2D eigenvalue weighted by Gasteiger charge is 2.30. The lowest BCUT2D eigenvalue weighted by Gasteiger charge is -2.12. The first-order valence-electron chi connectivity index (χ1n) is 4.90. The molecule has 0 aliphatic carbocycles. The zero-order chi connectivity index (χ0) is 12.2. The van der Waals surface area contributed by atoms with E-state index in [1.165, 1.54) is 12.1 Å². The molecule has 0 aliphatic heterocycles. The van der Waals surface area contributed by atoms with Gasteiger partial charge in [-0.3, -0.25) is 0 Å². The average Bonchev–Trinajstić information content (AvgIpc) is 2.17. The molecule has 0 spiro atoms. The first-order chi connectivity index (χ1) is 7.43. The van der Waals surface area contributed by atoms with Crippen molar-refractivity contribution < 1.29 is 17.9 Å². The molecule has 0 bridgehead atoms. The van der Waals surface area contributed by atoms with Gasteiger partial charge in [0, 0.05) is 0 Å². The molecule has 88 valence electrons. The van der Waals surface area contributed by atoms with Crippen LogP contribution in [0, 0.1) is 0 Å². The molecule has 0 fully saturated rings. The lowest BCUT2D eigenvalue weighted by atomic mass is 10.2. The number of rotatable bonds is 3. The van der Waals surface area contributed by atoms with Gasteiger partial charge in [0.05, 0.1) is 5.56 Å². The van der Waals surface area contributed by atoms with Gasteiger partial charge in [-0.05, 0) is 44.2 Å². The smallest absolute Gasteiger partial charge is 0.416 e. The quantitative estimate of drug-likeness (QED) is 0.712. The fraction of sp³-hybridized carbons (Fsp3) is 0.333. The second-order valence-electron chi connectivity index (χ2n) is 3.37.